The van der Waals surface area contributed by atoms with Crippen molar-refractivity contribution in [2.45, 2.75) is 6.42 Å². The second-order valence-electron chi connectivity index (χ2n) is 5.22. The molecule has 0 aliphatic rings. The molecule has 3 rings (SSSR count). The molecule has 5 heteroatoms. The molecule has 0 unspecified atom stereocenters. The van der Waals surface area contributed by atoms with E-state index in [0.717, 1.165) is 5.56 Å². The number of carbonyl (C=O) groups is 1. The summed E-state index contributed by atoms with van der Waals surface area (Å²) in [4.78, 5) is 23.7. The molecule has 24 heavy (non-hydrogen) atoms. The first-order valence-electron chi connectivity index (χ1n) is 7.57. The fourth-order valence-electron chi connectivity index (χ4n) is 2.38. The van der Waals surface area contributed by atoms with Crippen molar-refractivity contribution in [1.29, 1.82) is 0 Å². The van der Waals surface area contributed by atoms with Crippen LogP contribution in [0.15, 0.2) is 65.5 Å². The molecule has 0 aliphatic carbocycles. The third-order valence-corrected chi connectivity index (χ3v) is 3.54. The molecule has 0 fully saturated rings. The third-order valence-electron chi connectivity index (χ3n) is 3.54. The summed E-state index contributed by atoms with van der Waals surface area (Å²) in [7, 11) is 0. The van der Waals surface area contributed by atoms with Gasteiger partial charge in [0.05, 0.1) is 17.5 Å². The van der Waals surface area contributed by atoms with Crippen molar-refractivity contribution in [2.75, 3.05) is 6.61 Å². The van der Waals surface area contributed by atoms with Crippen LogP contribution < -0.4 is 5.56 Å². The van der Waals surface area contributed by atoms with Gasteiger partial charge in [0.25, 0.3) is 5.56 Å². The summed E-state index contributed by atoms with van der Waals surface area (Å²) in [5.41, 5.74) is 1.28. The second kappa shape index (κ2) is 7.37. The topological polar surface area (TPSA) is 72.0 Å². The summed E-state index contributed by atoms with van der Waals surface area (Å²) in [6.45, 7) is 0.189. The number of aromatic nitrogens is 2. The Labute approximate surface area is 138 Å². The lowest BCUT2D eigenvalue weighted by atomic mass is 10.1. The zero-order valence-corrected chi connectivity index (χ0v) is 12.9. The van der Waals surface area contributed by atoms with Gasteiger partial charge in [-0.25, -0.2) is 5.10 Å². The summed E-state index contributed by atoms with van der Waals surface area (Å²) < 4.78 is 5.19. The second-order valence-corrected chi connectivity index (χ2v) is 5.22. The quantitative estimate of drug-likeness (QED) is 0.734. The maximum absolute atomic E-state index is 12.0. The number of carbonyl (C=O) groups excluding carboxylic acids is 1. The molecule has 1 aromatic heterocycles. The van der Waals surface area contributed by atoms with Gasteiger partial charge in [-0.05, 0) is 17.7 Å². The van der Waals surface area contributed by atoms with Crippen LogP contribution in [0.3, 0.4) is 0 Å². The SMILES string of the molecule is O=C(Cc1n[nH]c(=O)c2ccccc12)OC/C=C/c1ccccc1. The molecule has 2 aromatic carbocycles. The first kappa shape index (κ1) is 15.7. The highest BCUT2D eigenvalue weighted by atomic mass is 16.5. The summed E-state index contributed by atoms with van der Waals surface area (Å²) in [6, 6.07) is 16.8. The number of fused-ring (bicyclic) bond motifs is 1. The van der Waals surface area contributed by atoms with Gasteiger partial charge < -0.3 is 4.74 Å². The van der Waals surface area contributed by atoms with Crippen LogP contribution in [-0.4, -0.2) is 22.8 Å². The fourth-order valence-corrected chi connectivity index (χ4v) is 2.38. The Hall–Kier alpha value is -3.21. The number of hydrogen-bond acceptors (Lipinski definition) is 4. The van der Waals surface area contributed by atoms with E-state index in [2.05, 4.69) is 10.2 Å². The predicted octanol–water partition coefficient (Wildman–Crippen LogP) is 2.72. The smallest absolute Gasteiger partial charge is 0.312 e. The zero-order chi connectivity index (χ0) is 16.8. The number of hydrogen-bond donors (Lipinski definition) is 1. The minimum atomic E-state index is -0.391. The summed E-state index contributed by atoms with van der Waals surface area (Å²) in [5.74, 6) is -0.391. The molecule has 0 amide bonds. The highest BCUT2D eigenvalue weighted by Gasteiger charge is 2.11. The molecule has 5 nitrogen and oxygen atoms in total. The molecule has 3 aromatic rings. The highest BCUT2D eigenvalue weighted by molar-refractivity contribution is 5.86. The summed E-state index contributed by atoms with van der Waals surface area (Å²) in [6.07, 6.45) is 3.68. The van der Waals surface area contributed by atoms with E-state index in [-0.39, 0.29) is 18.6 Å². The van der Waals surface area contributed by atoms with Crippen molar-refractivity contribution in [3.05, 3.63) is 82.3 Å². The van der Waals surface area contributed by atoms with Crippen molar-refractivity contribution < 1.29 is 9.53 Å². The van der Waals surface area contributed by atoms with Crippen LogP contribution in [0.1, 0.15) is 11.3 Å². The molecule has 0 atom stereocenters. The number of ether oxygens (including phenoxy) is 1. The van der Waals surface area contributed by atoms with E-state index in [0.29, 0.717) is 16.5 Å². The molecule has 0 saturated heterocycles. The fraction of sp³-hybridized carbons (Fsp3) is 0.105. The Morgan fingerprint density at radius 1 is 1.04 bits per heavy atom. The van der Waals surface area contributed by atoms with Gasteiger partial charge in [0, 0.05) is 5.39 Å². The Morgan fingerprint density at radius 2 is 1.75 bits per heavy atom. The molecule has 0 spiro atoms. The highest BCUT2D eigenvalue weighted by Crippen LogP contribution is 2.13. The van der Waals surface area contributed by atoms with E-state index in [1.165, 1.54) is 0 Å². The van der Waals surface area contributed by atoms with Gasteiger partial charge in [-0.3, -0.25) is 9.59 Å². The number of nitrogens with one attached hydrogen (secondary N) is 1. The lowest BCUT2D eigenvalue weighted by molar-refractivity contribution is -0.141. The first-order chi connectivity index (χ1) is 11.7. The van der Waals surface area contributed by atoms with E-state index >= 15 is 0 Å². The molecular formula is C19H16N2O3. The van der Waals surface area contributed by atoms with Gasteiger partial charge in [0.1, 0.15) is 6.61 Å². The lowest BCUT2D eigenvalue weighted by Gasteiger charge is -2.04. The first-order valence-corrected chi connectivity index (χ1v) is 7.57. The number of H-pyrrole nitrogens is 1. The van der Waals surface area contributed by atoms with E-state index in [1.54, 1.807) is 30.3 Å². The van der Waals surface area contributed by atoms with Crippen molar-refractivity contribution >= 4 is 22.8 Å². The number of benzene rings is 2. The normalized spacial score (nSPS) is 11.0. The molecule has 0 radical (unpaired) electrons. The van der Waals surface area contributed by atoms with Crippen LogP contribution in [-0.2, 0) is 16.0 Å². The Balaban J connectivity index is 1.62. The third kappa shape index (κ3) is 3.76. The Morgan fingerprint density at radius 3 is 2.54 bits per heavy atom. The van der Waals surface area contributed by atoms with Crippen LogP contribution in [0, 0.1) is 0 Å². The minimum Gasteiger partial charge on any atom is -0.461 e. The van der Waals surface area contributed by atoms with E-state index < -0.39 is 5.97 Å². The summed E-state index contributed by atoms with van der Waals surface area (Å²) in [5, 5.41) is 7.55. The molecule has 120 valence electrons. The molecule has 0 aliphatic heterocycles. The van der Waals surface area contributed by atoms with E-state index in [9.17, 15) is 9.59 Å². The zero-order valence-electron chi connectivity index (χ0n) is 12.9. The molecule has 0 bridgehead atoms. The maximum Gasteiger partial charge on any atom is 0.312 e. The van der Waals surface area contributed by atoms with Gasteiger partial charge >= 0.3 is 5.97 Å². The lowest BCUT2D eigenvalue weighted by Crippen LogP contribution is -2.15. The van der Waals surface area contributed by atoms with Crippen LogP contribution in [0.25, 0.3) is 16.8 Å². The van der Waals surface area contributed by atoms with Crippen molar-refractivity contribution in [2.24, 2.45) is 0 Å². The van der Waals surface area contributed by atoms with Gasteiger partial charge in [0.15, 0.2) is 0 Å². The largest absolute Gasteiger partial charge is 0.461 e. The van der Waals surface area contributed by atoms with Gasteiger partial charge in [-0.2, -0.15) is 5.10 Å². The minimum absolute atomic E-state index is 0.0104. The van der Waals surface area contributed by atoms with Crippen LogP contribution in [0.4, 0.5) is 0 Å². The van der Waals surface area contributed by atoms with E-state index in [4.69, 9.17) is 4.74 Å². The molecular weight excluding hydrogens is 304 g/mol. The van der Waals surface area contributed by atoms with Crippen LogP contribution >= 0.6 is 0 Å². The Kier molecular flexibility index (Phi) is 4.81. The van der Waals surface area contributed by atoms with Crippen LogP contribution in [0.2, 0.25) is 0 Å². The molecule has 0 saturated carbocycles. The van der Waals surface area contributed by atoms with Gasteiger partial charge in [-0.1, -0.05) is 54.6 Å². The van der Waals surface area contributed by atoms with Gasteiger partial charge in [-0.15, -0.1) is 0 Å². The number of nitrogens with zero attached hydrogens (tertiary/aromatic N) is 1. The van der Waals surface area contributed by atoms with Gasteiger partial charge in [0.2, 0.25) is 0 Å². The average Bonchev–Trinajstić information content (AvgIpc) is 2.62. The number of rotatable bonds is 5. The van der Waals surface area contributed by atoms with Crippen LogP contribution in [0.5, 0.6) is 0 Å². The van der Waals surface area contributed by atoms with Crippen molar-refractivity contribution in [3.63, 3.8) is 0 Å². The van der Waals surface area contributed by atoms with Crippen molar-refractivity contribution in [1.82, 2.24) is 10.2 Å². The Bertz CT molecular complexity index is 930. The molecule has 1 heterocycles. The monoisotopic (exact) mass is 320 g/mol. The number of aromatic amines is 1. The average molecular weight is 320 g/mol. The number of esters is 1. The maximum atomic E-state index is 12.0. The predicted molar refractivity (Wildman–Crippen MR) is 92.5 cm³/mol. The molecule has 1 N–H and O–H groups in total. The van der Waals surface area contributed by atoms with Crippen molar-refractivity contribution in [3.8, 4) is 0 Å². The van der Waals surface area contributed by atoms with E-state index in [1.807, 2.05) is 36.4 Å². The summed E-state index contributed by atoms with van der Waals surface area (Å²) >= 11 is 0. The standard InChI is InChI=1S/C19H16N2O3/c22-18(24-12-6-9-14-7-2-1-3-8-14)13-17-15-10-4-5-11-16(15)19(23)21-20-17/h1-11H,12-13H2,(H,21,23)/b9-6+.